The first-order valence-electron chi connectivity index (χ1n) is 7.79. The van der Waals surface area contributed by atoms with Crippen LogP contribution in [0.2, 0.25) is 0 Å². The molecule has 0 N–H and O–H groups in total. The van der Waals surface area contributed by atoms with Crippen LogP contribution in [0.1, 0.15) is 25.5 Å². The third kappa shape index (κ3) is 3.23. The molecule has 0 saturated carbocycles. The van der Waals surface area contributed by atoms with Crippen LogP contribution in [0, 0.1) is 0 Å². The molecule has 0 radical (unpaired) electrons. The maximum Gasteiger partial charge on any atom is 0.221 e. The lowest BCUT2D eigenvalue weighted by Gasteiger charge is -2.29. The highest BCUT2D eigenvalue weighted by atomic mass is 32.2. The first-order chi connectivity index (χ1) is 11.3. The van der Waals surface area contributed by atoms with Crippen LogP contribution in [0.4, 0.5) is 0 Å². The minimum atomic E-state index is -3.54. The molecule has 8 heteroatoms. The van der Waals surface area contributed by atoms with Gasteiger partial charge in [-0.25, -0.2) is 12.7 Å². The fourth-order valence-electron chi connectivity index (χ4n) is 2.89. The Hall–Kier alpha value is -1.35. The molecule has 0 unspecified atom stereocenters. The molecule has 0 amide bonds. The van der Waals surface area contributed by atoms with Crippen LogP contribution in [0.25, 0.3) is 0 Å². The Labute approximate surface area is 144 Å². The van der Waals surface area contributed by atoms with E-state index in [0.29, 0.717) is 11.5 Å². The van der Waals surface area contributed by atoms with Crippen molar-refractivity contribution in [1.82, 2.24) is 9.37 Å². The first-order valence-corrected chi connectivity index (χ1v) is 9.29. The molecule has 24 heavy (non-hydrogen) atoms. The van der Waals surface area contributed by atoms with Gasteiger partial charge in [-0.2, -0.15) is 5.06 Å². The highest BCUT2D eigenvalue weighted by Gasteiger charge is 2.46. The molecule has 1 aromatic rings. The summed E-state index contributed by atoms with van der Waals surface area (Å²) < 4.78 is 38.2. The molecule has 1 aliphatic heterocycles. The number of rotatable bonds is 6. The van der Waals surface area contributed by atoms with Gasteiger partial charge in [0.2, 0.25) is 10.0 Å². The highest BCUT2D eigenvalue weighted by molar-refractivity contribution is 7.89. The molecule has 0 spiro atoms. The second-order valence-electron chi connectivity index (χ2n) is 6.06. The average molecular weight is 358 g/mol. The van der Waals surface area contributed by atoms with Crippen LogP contribution in [0.3, 0.4) is 0 Å². The molecule has 2 atom stereocenters. The third-order valence-corrected chi connectivity index (χ3v) is 6.83. The van der Waals surface area contributed by atoms with Crippen molar-refractivity contribution in [3.63, 3.8) is 0 Å². The summed E-state index contributed by atoms with van der Waals surface area (Å²) in [6, 6.07) is 4.82. The van der Waals surface area contributed by atoms with Gasteiger partial charge in [0.15, 0.2) is 11.5 Å². The molecule has 1 saturated heterocycles. The van der Waals surface area contributed by atoms with Gasteiger partial charge in [0, 0.05) is 25.7 Å². The molecule has 1 aromatic carbocycles. The summed E-state index contributed by atoms with van der Waals surface area (Å²) in [7, 11) is 2.88. The summed E-state index contributed by atoms with van der Waals surface area (Å²) >= 11 is 0. The Kier molecular flexibility index (Phi) is 5.74. The Morgan fingerprint density at radius 2 is 1.96 bits per heavy atom. The number of benzene rings is 1. The smallest absolute Gasteiger partial charge is 0.221 e. The molecule has 0 aliphatic carbocycles. The molecule has 0 aromatic heterocycles. The van der Waals surface area contributed by atoms with Gasteiger partial charge in [-0.15, -0.1) is 0 Å². The largest absolute Gasteiger partial charge is 0.493 e. The van der Waals surface area contributed by atoms with Gasteiger partial charge < -0.3 is 9.47 Å². The summed E-state index contributed by atoms with van der Waals surface area (Å²) in [4.78, 5) is 5.55. The van der Waals surface area contributed by atoms with E-state index in [1.807, 2.05) is 26.0 Å². The fraction of sp³-hybridized carbons (Fsp3) is 0.625. The predicted octanol–water partition coefficient (Wildman–Crippen LogP) is 1.66. The van der Waals surface area contributed by atoms with Crippen LogP contribution >= 0.6 is 0 Å². The van der Waals surface area contributed by atoms with E-state index in [0.717, 1.165) is 5.56 Å². The van der Waals surface area contributed by atoms with Crippen molar-refractivity contribution in [2.75, 3.05) is 34.9 Å². The van der Waals surface area contributed by atoms with Crippen LogP contribution < -0.4 is 9.47 Å². The van der Waals surface area contributed by atoms with Crippen molar-refractivity contribution in [3.8, 4) is 11.5 Å². The maximum absolute atomic E-state index is 13.0. The Morgan fingerprint density at radius 3 is 2.50 bits per heavy atom. The number of ether oxygens (including phenoxy) is 2. The van der Waals surface area contributed by atoms with Gasteiger partial charge in [0.05, 0.1) is 26.9 Å². The number of hydrogen-bond acceptors (Lipinski definition) is 6. The lowest BCUT2D eigenvalue weighted by atomic mass is 10.0. The minimum Gasteiger partial charge on any atom is -0.493 e. The average Bonchev–Trinajstić information content (AvgIpc) is 2.95. The number of hydrogen-bond donors (Lipinski definition) is 0. The maximum atomic E-state index is 13.0. The Balaban J connectivity index is 2.52. The second kappa shape index (κ2) is 7.26. The van der Waals surface area contributed by atoms with E-state index in [1.165, 1.54) is 4.31 Å². The monoisotopic (exact) mass is 358 g/mol. The summed E-state index contributed by atoms with van der Waals surface area (Å²) in [6.07, 6.45) is 0. The number of nitrogens with zero attached hydrogens (tertiary/aromatic N) is 2. The zero-order chi connectivity index (χ0) is 18.1. The van der Waals surface area contributed by atoms with Gasteiger partial charge in [-0.1, -0.05) is 12.1 Å². The summed E-state index contributed by atoms with van der Waals surface area (Å²) in [5, 5.41) is 0.851. The zero-order valence-corrected chi connectivity index (χ0v) is 15.8. The topological polar surface area (TPSA) is 68.3 Å². The quantitative estimate of drug-likeness (QED) is 0.770. The lowest BCUT2D eigenvalue weighted by molar-refractivity contribution is -0.110. The molecular weight excluding hydrogens is 332 g/mol. The van der Waals surface area contributed by atoms with E-state index in [9.17, 15) is 8.42 Å². The molecule has 0 bridgehead atoms. The van der Waals surface area contributed by atoms with Crippen molar-refractivity contribution in [1.29, 1.82) is 0 Å². The summed E-state index contributed by atoms with van der Waals surface area (Å²) in [6.45, 7) is 3.79. The fourth-order valence-corrected chi connectivity index (χ4v) is 4.79. The normalized spacial score (nSPS) is 22.3. The standard InChI is InChI=1S/C16H26N2O5S/c1-11(2)18(4)24(19,20)14-10-23-17(3)15(14)12-8-7-9-13(21-5)16(12)22-6/h7-9,11,14-15H,10H2,1-6H3/t14-,15-/m0/s1. The summed E-state index contributed by atoms with van der Waals surface area (Å²) in [5.41, 5.74) is 0.725. The van der Waals surface area contributed by atoms with E-state index < -0.39 is 21.3 Å². The van der Waals surface area contributed by atoms with E-state index in [1.54, 1.807) is 39.4 Å². The van der Waals surface area contributed by atoms with Crippen LogP contribution in [-0.4, -0.2) is 64.0 Å². The second-order valence-corrected chi connectivity index (χ2v) is 8.27. The van der Waals surface area contributed by atoms with E-state index in [4.69, 9.17) is 14.3 Å². The van der Waals surface area contributed by atoms with Gasteiger partial charge in [-0.3, -0.25) is 4.84 Å². The molecule has 1 aliphatic rings. The number of sulfonamides is 1. The van der Waals surface area contributed by atoms with E-state index >= 15 is 0 Å². The summed E-state index contributed by atoms with van der Waals surface area (Å²) in [5.74, 6) is 1.08. The van der Waals surface area contributed by atoms with Gasteiger partial charge in [-0.05, 0) is 19.9 Å². The molecule has 136 valence electrons. The SMILES string of the molecule is COc1cccc([C@H]2[C@@H](S(=O)(=O)N(C)C(C)C)CON2C)c1OC. The molecule has 7 nitrogen and oxygen atoms in total. The van der Waals surface area contributed by atoms with Crippen LogP contribution in [-0.2, 0) is 14.9 Å². The Bertz CT molecular complexity index is 677. The lowest BCUT2D eigenvalue weighted by Crippen LogP contribution is -2.43. The molecule has 1 fully saturated rings. The third-order valence-electron chi connectivity index (χ3n) is 4.45. The zero-order valence-electron chi connectivity index (χ0n) is 15.0. The van der Waals surface area contributed by atoms with Crippen LogP contribution in [0.5, 0.6) is 11.5 Å². The van der Waals surface area contributed by atoms with Crippen molar-refractivity contribution in [2.24, 2.45) is 0 Å². The van der Waals surface area contributed by atoms with Crippen molar-refractivity contribution >= 4 is 10.0 Å². The minimum absolute atomic E-state index is 0.0981. The van der Waals surface area contributed by atoms with E-state index in [2.05, 4.69) is 0 Å². The van der Waals surface area contributed by atoms with E-state index in [-0.39, 0.29) is 12.6 Å². The number of methoxy groups -OCH3 is 2. The molecule has 1 heterocycles. The van der Waals surface area contributed by atoms with Crippen LogP contribution in [0.15, 0.2) is 18.2 Å². The van der Waals surface area contributed by atoms with Crippen molar-refractivity contribution < 1.29 is 22.7 Å². The molecule has 2 rings (SSSR count). The highest BCUT2D eigenvalue weighted by Crippen LogP contribution is 2.42. The molecular formula is C16H26N2O5S. The van der Waals surface area contributed by atoms with Crippen molar-refractivity contribution in [3.05, 3.63) is 23.8 Å². The number of para-hydroxylation sites is 1. The van der Waals surface area contributed by atoms with Gasteiger partial charge in [0.1, 0.15) is 5.25 Å². The van der Waals surface area contributed by atoms with Gasteiger partial charge in [0.25, 0.3) is 0 Å². The number of hydroxylamine groups is 2. The predicted molar refractivity (Wildman–Crippen MR) is 91.6 cm³/mol. The van der Waals surface area contributed by atoms with Crippen molar-refractivity contribution in [2.45, 2.75) is 31.2 Å². The first kappa shape index (κ1) is 19.0. The van der Waals surface area contributed by atoms with Gasteiger partial charge >= 0.3 is 0 Å². The Morgan fingerprint density at radius 1 is 1.29 bits per heavy atom.